The van der Waals surface area contributed by atoms with Crippen LogP contribution in [0.1, 0.15) is 100 Å². The third kappa shape index (κ3) is 18.4. The zero-order valence-corrected chi connectivity index (χ0v) is 43.3. The summed E-state index contributed by atoms with van der Waals surface area (Å²) < 4.78 is 39.1. The number of hydrogen-bond donors (Lipinski definition) is 3. The van der Waals surface area contributed by atoms with Gasteiger partial charge in [0.25, 0.3) is 10.1 Å². The van der Waals surface area contributed by atoms with E-state index in [0.717, 1.165) is 24.1 Å². The molecule has 1 aliphatic rings. The summed E-state index contributed by atoms with van der Waals surface area (Å²) in [5.74, 6) is -4.80. The van der Waals surface area contributed by atoms with Crippen molar-refractivity contribution in [3.05, 3.63) is 114 Å². The first kappa shape index (κ1) is 57.1. The normalized spacial score (nSPS) is 15.8. The number of rotatable bonds is 30. The predicted molar refractivity (Wildman–Crippen MR) is 270 cm³/mol. The van der Waals surface area contributed by atoms with E-state index < -0.39 is 69.6 Å². The first-order valence-corrected chi connectivity index (χ1v) is 26.3. The summed E-state index contributed by atoms with van der Waals surface area (Å²) in [4.78, 5) is 85.6. The minimum absolute atomic E-state index is 0.00985. The van der Waals surface area contributed by atoms with Gasteiger partial charge in [0.2, 0.25) is 11.8 Å². The Bertz CT molecular complexity index is 2540. The largest absolute Gasteiger partial charge is 0.380 e. The van der Waals surface area contributed by atoms with Gasteiger partial charge in [-0.15, -0.1) is 5.10 Å². The standard InChI is InChI=1S/C54H72N6O11S/c1-37(2)28-47(55-52(65)42(21-20-39-14-9-7-10-15-39)31-45(61)35-60-24-26-70-27-25-60)50(63)33-43(30-40-16-11-8-12-17-40)53(66)56-48(29-38(3)4)51(64)54(5,67)36-71-72(68,69)46-19-13-18-41(32-46)49(62)23-22-44-34-59(6)58-57-44/h7-19,32,34,37-38,42-43,47-48,67H,20-31,33,35-36H2,1-6H3,(H,55,65)(H,56,66)/t42-,43-,47+,48+,54-/m1/s1. The Kier molecular flexibility index (Phi) is 21.7. The van der Waals surface area contributed by atoms with Crippen LogP contribution in [0.2, 0.25) is 0 Å². The predicted octanol–water partition coefficient (Wildman–Crippen LogP) is 5.08. The van der Waals surface area contributed by atoms with Gasteiger partial charge in [-0.1, -0.05) is 106 Å². The molecule has 1 aliphatic heterocycles. The molecule has 2 amide bonds. The number of carbonyl (C=O) groups is 6. The molecule has 5 rings (SSSR count). The van der Waals surface area contributed by atoms with Gasteiger partial charge in [0.15, 0.2) is 17.3 Å². The van der Waals surface area contributed by atoms with E-state index in [1.54, 1.807) is 25.4 Å². The topological polar surface area (TPSA) is 233 Å². The third-order valence-corrected chi connectivity index (χ3v) is 13.9. The van der Waals surface area contributed by atoms with Crippen molar-refractivity contribution in [2.75, 3.05) is 39.5 Å². The number of carbonyl (C=O) groups excluding carboxylic acids is 6. The second-order valence-electron chi connectivity index (χ2n) is 20.0. The highest BCUT2D eigenvalue weighted by Gasteiger charge is 2.40. The fourth-order valence-electron chi connectivity index (χ4n) is 8.65. The molecular weight excluding hydrogens is 941 g/mol. The number of nitrogens with one attached hydrogen (secondary N) is 2. The maximum absolute atomic E-state index is 14.5. The molecular formula is C54H72N6O11S. The van der Waals surface area contributed by atoms with Crippen molar-refractivity contribution in [2.24, 2.45) is 30.7 Å². The maximum atomic E-state index is 14.5. The lowest BCUT2D eigenvalue weighted by Gasteiger charge is -2.30. The monoisotopic (exact) mass is 1010 g/mol. The molecule has 18 heteroatoms. The number of ketones is 4. The second-order valence-corrected chi connectivity index (χ2v) is 21.6. The second kappa shape index (κ2) is 27.3. The van der Waals surface area contributed by atoms with Crippen LogP contribution in [-0.4, -0.2) is 126 Å². The summed E-state index contributed by atoms with van der Waals surface area (Å²) in [6.07, 6.45) is 3.01. The molecule has 4 aromatic rings. The molecule has 72 heavy (non-hydrogen) atoms. The molecule has 0 saturated carbocycles. The van der Waals surface area contributed by atoms with Crippen LogP contribution >= 0.6 is 0 Å². The molecule has 1 aromatic heterocycles. The minimum Gasteiger partial charge on any atom is -0.380 e. The zero-order valence-electron chi connectivity index (χ0n) is 42.5. The first-order valence-electron chi connectivity index (χ1n) is 24.9. The van der Waals surface area contributed by atoms with E-state index in [-0.39, 0.29) is 85.4 Å². The molecule has 0 radical (unpaired) electrons. The van der Waals surface area contributed by atoms with Crippen molar-refractivity contribution < 1.29 is 51.2 Å². The van der Waals surface area contributed by atoms with E-state index in [2.05, 4.69) is 20.9 Å². The number of morpholine rings is 1. The fraction of sp³-hybridized carbons (Fsp3) is 0.519. The van der Waals surface area contributed by atoms with Crippen molar-refractivity contribution >= 4 is 45.1 Å². The molecule has 1 fully saturated rings. The Balaban J connectivity index is 1.30. The quantitative estimate of drug-likeness (QED) is 0.0457. The van der Waals surface area contributed by atoms with Gasteiger partial charge in [-0.25, -0.2) is 0 Å². The van der Waals surface area contributed by atoms with Crippen LogP contribution in [0.25, 0.3) is 0 Å². The lowest BCUT2D eigenvalue weighted by molar-refractivity contribution is -0.143. The van der Waals surface area contributed by atoms with Crippen molar-refractivity contribution in [2.45, 2.75) is 115 Å². The van der Waals surface area contributed by atoms with Gasteiger partial charge in [0.1, 0.15) is 18.0 Å². The molecule has 3 N–H and O–H groups in total. The highest BCUT2D eigenvalue weighted by atomic mass is 32.2. The lowest BCUT2D eigenvalue weighted by atomic mass is 9.86. The Morgan fingerprint density at radius 2 is 1.40 bits per heavy atom. The van der Waals surface area contributed by atoms with Gasteiger partial charge in [0.05, 0.1) is 42.4 Å². The molecule has 17 nitrogen and oxygen atoms in total. The number of aryl methyl sites for hydroxylation is 3. The first-order chi connectivity index (χ1) is 34.2. The van der Waals surface area contributed by atoms with E-state index in [1.807, 2.05) is 81.1 Å². The van der Waals surface area contributed by atoms with E-state index in [1.165, 1.54) is 22.9 Å². The molecule has 2 heterocycles. The number of Topliss-reactive ketones (excluding diaryl/α,β-unsaturated/α-hetero) is 4. The SMILES string of the molecule is CC(C)C[C@H](NC(=O)[C@H](CCc1ccccc1)CC(=O)CN1CCOCC1)C(=O)C[C@@H](Cc1ccccc1)C(=O)N[C@@H](CC(C)C)C(=O)[C@](C)(O)COS(=O)(=O)c1cccc(C(=O)CCc2cn(C)nn2)c1. The van der Waals surface area contributed by atoms with Gasteiger partial charge in [-0.2, -0.15) is 8.42 Å². The molecule has 1 saturated heterocycles. The average Bonchev–Trinajstić information content (AvgIpc) is 3.78. The Morgan fingerprint density at radius 3 is 2.03 bits per heavy atom. The number of ether oxygens (including phenoxy) is 1. The van der Waals surface area contributed by atoms with Gasteiger partial charge in [-0.3, -0.25) is 42.5 Å². The van der Waals surface area contributed by atoms with Crippen LogP contribution in [0.3, 0.4) is 0 Å². The maximum Gasteiger partial charge on any atom is 0.297 e. The number of hydrogen-bond acceptors (Lipinski definition) is 14. The van der Waals surface area contributed by atoms with Gasteiger partial charge in [-0.05, 0) is 74.1 Å². The van der Waals surface area contributed by atoms with Crippen LogP contribution in [0.5, 0.6) is 0 Å². The van der Waals surface area contributed by atoms with Crippen molar-refractivity contribution in [3.8, 4) is 0 Å². The minimum atomic E-state index is -4.61. The summed E-state index contributed by atoms with van der Waals surface area (Å²) in [7, 11) is -2.91. The summed E-state index contributed by atoms with van der Waals surface area (Å²) in [5.41, 5.74) is 0.0297. The van der Waals surface area contributed by atoms with Crippen molar-refractivity contribution in [3.63, 3.8) is 0 Å². The Labute approximate surface area is 423 Å². The lowest BCUT2D eigenvalue weighted by Crippen LogP contribution is -2.54. The van der Waals surface area contributed by atoms with Gasteiger partial charge < -0.3 is 20.5 Å². The summed E-state index contributed by atoms with van der Waals surface area (Å²) in [6, 6.07) is 21.6. The van der Waals surface area contributed by atoms with Crippen LogP contribution in [0.4, 0.5) is 0 Å². The number of amides is 2. The zero-order chi connectivity index (χ0) is 52.4. The van der Waals surface area contributed by atoms with Crippen molar-refractivity contribution in [1.29, 1.82) is 0 Å². The van der Waals surface area contributed by atoms with Crippen LogP contribution in [0.15, 0.2) is 96.0 Å². The van der Waals surface area contributed by atoms with Crippen LogP contribution in [-0.2, 0) is 69.3 Å². The molecule has 3 aromatic carbocycles. The fourth-order valence-corrected chi connectivity index (χ4v) is 9.69. The van der Waals surface area contributed by atoms with E-state index in [4.69, 9.17) is 8.92 Å². The summed E-state index contributed by atoms with van der Waals surface area (Å²) in [5, 5.41) is 25.2. The summed E-state index contributed by atoms with van der Waals surface area (Å²) in [6.45, 7) is 10.1. The van der Waals surface area contributed by atoms with Crippen LogP contribution < -0.4 is 10.6 Å². The number of benzene rings is 3. The molecule has 0 aliphatic carbocycles. The highest BCUT2D eigenvalue weighted by molar-refractivity contribution is 7.86. The van der Waals surface area contributed by atoms with E-state index >= 15 is 0 Å². The van der Waals surface area contributed by atoms with E-state index in [0.29, 0.717) is 44.8 Å². The smallest absolute Gasteiger partial charge is 0.297 e. The molecule has 0 spiro atoms. The number of aliphatic hydroxyl groups is 1. The van der Waals surface area contributed by atoms with Gasteiger partial charge in [0, 0.05) is 69.4 Å². The highest BCUT2D eigenvalue weighted by Crippen LogP contribution is 2.24. The van der Waals surface area contributed by atoms with Crippen LogP contribution in [0, 0.1) is 23.7 Å². The van der Waals surface area contributed by atoms with Gasteiger partial charge >= 0.3 is 0 Å². The molecule has 390 valence electrons. The summed E-state index contributed by atoms with van der Waals surface area (Å²) >= 11 is 0. The molecule has 0 unspecified atom stereocenters. The molecule has 5 atom stereocenters. The Morgan fingerprint density at radius 1 is 0.792 bits per heavy atom. The number of nitrogens with zero attached hydrogens (tertiary/aromatic N) is 4. The third-order valence-electron chi connectivity index (χ3n) is 12.6. The van der Waals surface area contributed by atoms with E-state index in [9.17, 15) is 42.3 Å². The number of aromatic nitrogens is 3. The van der Waals surface area contributed by atoms with Crippen molar-refractivity contribution in [1.82, 2.24) is 30.5 Å². The molecule has 0 bridgehead atoms. The Hall–Kier alpha value is -5.79. The average molecular weight is 1010 g/mol.